The second-order valence-corrected chi connectivity index (χ2v) is 4.39. The molecule has 0 saturated carbocycles. The first-order valence-electron chi connectivity index (χ1n) is 5.89. The van der Waals surface area contributed by atoms with Crippen molar-refractivity contribution in [3.05, 3.63) is 28.8 Å². The zero-order valence-corrected chi connectivity index (χ0v) is 11.5. The van der Waals surface area contributed by atoms with Gasteiger partial charge in [-0.1, -0.05) is 17.7 Å². The van der Waals surface area contributed by atoms with Gasteiger partial charge in [-0.05, 0) is 24.6 Å². The van der Waals surface area contributed by atoms with Gasteiger partial charge in [-0.3, -0.25) is 4.79 Å². The second kappa shape index (κ2) is 7.95. The fourth-order valence-corrected chi connectivity index (χ4v) is 1.58. The highest BCUT2D eigenvalue weighted by Crippen LogP contribution is 2.19. The number of aryl methyl sites for hydroxylation is 1. The molecule has 5 heteroatoms. The summed E-state index contributed by atoms with van der Waals surface area (Å²) in [4.78, 5) is 11.4. The van der Waals surface area contributed by atoms with Crippen LogP contribution in [0.1, 0.15) is 12.0 Å². The van der Waals surface area contributed by atoms with Crippen LogP contribution in [0.25, 0.3) is 0 Å². The number of amides is 1. The first kappa shape index (κ1) is 14.8. The van der Waals surface area contributed by atoms with Crippen molar-refractivity contribution in [2.45, 2.75) is 13.3 Å². The number of halogens is 1. The Labute approximate surface area is 113 Å². The third kappa shape index (κ3) is 5.38. The summed E-state index contributed by atoms with van der Waals surface area (Å²) in [6, 6.07) is 5.76. The Kier molecular flexibility index (Phi) is 6.54. The van der Waals surface area contributed by atoms with Gasteiger partial charge in [0, 0.05) is 37.3 Å². The summed E-state index contributed by atoms with van der Waals surface area (Å²) in [6.45, 7) is 3.62. The monoisotopic (exact) mass is 270 g/mol. The predicted octanol–water partition coefficient (Wildman–Crippen LogP) is 2.21. The van der Waals surface area contributed by atoms with E-state index in [1.165, 1.54) is 0 Å². The fourth-order valence-electron chi connectivity index (χ4n) is 1.40. The molecule has 1 aromatic rings. The maximum Gasteiger partial charge on any atom is 0.221 e. The Balaban J connectivity index is 2.24. The lowest BCUT2D eigenvalue weighted by Gasteiger charge is -2.08. The molecule has 100 valence electrons. The summed E-state index contributed by atoms with van der Waals surface area (Å²) in [5.41, 5.74) is 1.97. The van der Waals surface area contributed by atoms with E-state index in [2.05, 4.69) is 10.6 Å². The highest BCUT2D eigenvalue weighted by molar-refractivity contribution is 6.31. The maximum absolute atomic E-state index is 11.4. The topological polar surface area (TPSA) is 50.4 Å². The van der Waals surface area contributed by atoms with Crippen LogP contribution in [0.3, 0.4) is 0 Å². The number of nitrogens with one attached hydrogen (secondary N) is 2. The van der Waals surface area contributed by atoms with Gasteiger partial charge in [0.1, 0.15) is 0 Å². The van der Waals surface area contributed by atoms with Gasteiger partial charge >= 0.3 is 0 Å². The molecule has 0 aromatic heterocycles. The summed E-state index contributed by atoms with van der Waals surface area (Å²) in [5.74, 6) is 0.0118. The molecule has 0 aliphatic carbocycles. The zero-order chi connectivity index (χ0) is 13.4. The molecule has 0 bridgehead atoms. The van der Waals surface area contributed by atoms with Gasteiger partial charge in [-0.2, -0.15) is 0 Å². The van der Waals surface area contributed by atoms with Gasteiger partial charge in [0.2, 0.25) is 5.91 Å². The van der Waals surface area contributed by atoms with Crippen molar-refractivity contribution >= 4 is 23.2 Å². The van der Waals surface area contributed by atoms with E-state index in [4.69, 9.17) is 16.3 Å². The van der Waals surface area contributed by atoms with Crippen LogP contribution in [0.4, 0.5) is 5.69 Å². The fraction of sp³-hybridized carbons (Fsp3) is 0.462. The molecule has 1 rings (SSSR count). The molecule has 0 saturated heterocycles. The van der Waals surface area contributed by atoms with Crippen molar-refractivity contribution in [1.82, 2.24) is 5.32 Å². The summed E-state index contributed by atoms with van der Waals surface area (Å²) in [5, 5.41) is 6.64. The molecule has 0 heterocycles. The van der Waals surface area contributed by atoms with Crippen LogP contribution in [0.15, 0.2) is 18.2 Å². The van der Waals surface area contributed by atoms with E-state index in [0.717, 1.165) is 16.3 Å². The molecule has 0 unspecified atom stereocenters. The van der Waals surface area contributed by atoms with E-state index < -0.39 is 0 Å². The van der Waals surface area contributed by atoms with Crippen molar-refractivity contribution in [3.8, 4) is 0 Å². The van der Waals surface area contributed by atoms with Crippen molar-refractivity contribution in [2.75, 3.05) is 32.1 Å². The van der Waals surface area contributed by atoms with E-state index in [0.29, 0.717) is 26.1 Å². The quantitative estimate of drug-likeness (QED) is 0.747. The van der Waals surface area contributed by atoms with Crippen molar-refractivity contribution in [2.24, 2.45) is 0 Å². The standard InChI is InChI=1S/C13H19ClN2O2/c1-10-3-4-11(9-12(10)14)15-6-5-13(17)16-7-8-18-2/h3-4,9,15H,5-8H2,1-2H3,(H,16,17). The van der Waals surface area contributed by atoms with Crippen LogP contribution in [0, 0.1) is 6.92 Å². The number of ether oxygens (including phenoxy) is 1. The molecule has 2 N–H and O–H groups in total. The number of methoxy groups -OCH3 is 1. The van der Waals surface area contributed by atoms with Crippen LogP contribution >= 0.6 is 11.6 Å². The molecule has 1 aromatic carbocycles. The van der Waals surface area contributed by atoms with Gasteiger partial charge in [0.15, 0.2) is 0 Å². The van der Waals surface area contributed by atoms with Crippen molar-refractivity contribution < 1.29 is 9.53 Å². The first-order chi connectivity index (χ1) is 8.63. The van der Waals surface area contributed by atoms with Crippen LogP contribution in [-0.2, 0) is 9.53 Å². The van der Waals surface area contributed by atoms with Gasteiger partial charge in [0.05, 0.1) is 6.61 Å². The molecule has 1 amide bonds. The van der Waals surface area contributed by atoms with Crippen LogP contribution < -0.4 is 10.6 Å². The Morgan fingerprint density at radius 2 is 2.17 bits per heavy atom. The van der Waals surface area contributed by atoms with Crippen LogP contribution in [0.5, 0.6) is 0 Å². The summed E-state index contributed by atoms with van der Waals surface area (Å²) >= 11 is 6.01. The summed E-state index contributed by atoms with van der Waals surface area (Å²) < 4.78 is 4.85. The number of hydrogen-bond acceptors (Lipinski definition) is 3. The largest absolute Gasteiger partial charge is 0.384 e. The normalized spacial score (nSPS) is 10.2. The van der Waals surface area contributed by atoms with Gasteiger partial charge < -0.3 is 15.4 Å². The second-order valence-electron chi connectivity index (χ2n) is 3.98. The molecule has 0 radical (unpaired) electrons. The lowest BCUT2D eigenvalue weighted by Crippen LogP contribution is -2.28. The van der Waals surface area contributed by atoms with Gasteiger partial charge in [0.25, 0.3) is 0 Å². The van der Waals surface area contributed by atoms with Crippen LogP contribution in [0.2, 0.25) is 5.02 Å². The number of anilines is 1. The third-order valence-electron chi connectivity index (χ3n) is 2.48. The van der Waals surface area contributed by atoms with Crippen molar-refractivity contribution in [1.29, 1.82) is 0 Å². The number of rotatable bonds is 7. The van der Waals surface area contributed by atoms with E-state index in [1.807, 2.05) is 25.1 Å². The van der Waals surface area contributed by atoms with Gasteiger partial charge in [-0.25, -0.2) is 0 Å². The number of benzene rings is 1. The molecule has 0 atom stereocenters. The average molecular weight is 271 g/mol. The Morgan fingerprint density at radius 3 is 2.83 bits per heavy atom. The highest BCUT2D eigenvalue weighted by atomic mass is 35.5. The first-order valence-corrected chi connectivity index (χ1v) is 6.27. The lowest BCUT2D eigenvalue weighted by molar-refractivity contribution is -0.121. The predicted molar refractivity (Wildman–Crippen MR) is 74.2 cm³/mol. The van der Waals surface area contributed by atoms with Crippen LogP contribution in [-0.4, -0.2) is 32.7 Å². The van der Waals surface area contributed by atoms with E-state index in [-0.39, 0.29) is 5.91 Å². The minimum Gasteiger partial charge on any atom is -0.384 e. The SMILES string of the molecule is COCCNC(=O)CCNc1ccc(C)c(Cl)c1. The Hall–Kier alpha value is -1.26. The average Bonchev–Trinajstić information content (AvgIpc) is 2.34. The Bertz CT molecular complexity index is 397. The maximum atomic E-state index is 11.4. The van der Waals surface area contributed by atoms with E-state index in [9.17, 15) is 4.79 Å². The molecule has 18 heavy (non-hydrogen) atoms. The molecule has 0 spiro atoms. The molecule has 4 nitrogen and oxygen atoms in total. The van der Waals surface area contributed by atoms with Crippen molar-refractivity contribution in [3.63, 3.8) is 0 Å². The zero-order valence-electron chi connectivity index (χ0n) is 10.8. The number of hydrogen-bond donors (Lipinski definition) is 2. The minimum atomic E-state index is 0.0118. The third-order valence-corrected chi connectivity index (χ3v) is 2.89. The smallest absolute Gasteiger partial charge is 0.221 e. The Morgan fingerprint density at radius 1 is 1.39 bits per heavy atom. The lowest BCUT2D eigenvalue weighted by atomic mass is 10.2. The molecule has 0 aliphatic heterocycles. The number of carbonyl (C=O) groups is 1. The summed E-state index contributed by atoms with van der Waals surface area (Å²) in [6.07, 6.45) is 0.426. The van der Waals surface area contributed by atoms with E-state index >= 15 is 0 Å². The molecular formula is C13H19ClN2O2. The van der Waals surface area contributed by atoms with Gasteiger partial charge in [-0.15, -0.1) is 0 Å². The molecule has 0 fully saturated rings. The summed E-state index contributed by atoms with van der Waals surface area (Å²) in [7, 11) is 1.61. The highest BCUT2D eigenvalue weighted by Gasteiger charge is 2.01. The molecular weight excluding hydrogens is 252 g/mol. The minimum absolute atomic E-state index is 0.0118. The molecule has 0 aliphatic rings. The number of carbonyl (C=O) groups excluding carboxylic acids is 1. The van der Waals surface area contributed by atoms with E-state index in [1.54, 1.807) is 7.11 Å².